The van der Waals surface area contributed by atoms with Gasteiger partial charge in [0.05, 0.1) is 12.6 Å². The summed E-state index contributed by atoms with van der Waals surface area (Å²) in [5, 5.41) is 2.97. The van der Waals surface area contributed by atoms with E-state index in [0.29, 0.717) is 30.9 Å². The van der Waals surface area contributed by atoms with Gasteiger partial charge < -0.3 is 15.0 Å². The zero-order chi connectivity index (χ0) is 18.1. The van der Waals surface area contributed by atoms with Crippen LogP contribution in [0.4, 0.5) is 4.39 Å². The third-order valence-electron chi connectivity index (χ3n) is 4.81. The van der Waals surface area contributed by atoms with E-state index in [2.05, 4.69) is 5.32 Å². The minimum Gasteiger partial charge on any atom is -0.493 e. The van der Waals surface area contributed by atoms with Crippen LogP contribution >= 0.6 is 0 Å². The van der Waals surface area contributed by atoms with E-state index in [-0.39, 0.29) is 30.2 Å². The molecule has 2 aliphatic rings. The molecule has 0 radical (unpaired) electrons. The lowest BCUT2D eigenvalue weighted by Crippen LogP contribution is -2.39. The van der Waals surface area contributed by atoms with Crippen molar-refractivity contribution >= 4 is 11.8 Å². The predicted octanol–water partition coefficient (Wildman–Crippen LogP) is 2.81. The molecule has 0 fully saturated rings. The van der Waals surface area contributed by atoms with Crippen molar-refractivity contribution in [2.24, 2.45) is 0 Å². The molecule has 0 saturated heterocycles. The van der Waals surface area contributed by atoms with Crippen molar-refractivity contribution in [2.75, 3.05) is 13.2 Å². The van der Waals surface area contributed by atoms with Gasteiger partial charge in [-0.05, 0) is 30.5 Å². The lowest BCUT2D eigenvalue weighted by atomic mass is 10.0. The van der Waals surface area contributed by atoms with Crippen molar-refractivity contribution in [3.63, 3.8) is 0 Å². The van der Waals surface area contributed by atoms with Crippen molar-refractivity contribution in [3.05, 3.63) is 65.0 Å². The van der Waals surface area contributed by atoms with E-state index in [1.807, 2.05) is 18.2 Å². The van der Waals surface area contributed by atoms with E-state index in [4.69, 9.17) is 4.74 Å². The lowest BCUT2D eigenvalue weighted by Gasteiger charge is -2.21. The van der Waals surface area contributed by atoms with Crippen LogP contribution in [-0.4, -0.2) is 29.9 Å². The minimum atomic E-state index is -0.365. The Morgan fingerprint density at radius 3 is 2.96 bits per heavy atom. The smallest absolute Gasteiger partial charge is 0.254 e. The maximum absolute atomic E-state index is 13.4. The molecule has 4 rings (SSSR count). The number of hydrogen-bond donors (Lipinski definition) is 1. The Balaban J connectivity index is 1.45. The summed E-state index contributed by atoms with van der Waals surface area (Å²) in [6, 6.07) is 11.5. The number of fused-ring (bicyclic) bond motifs is 2. The van der Waals surface area contributed by atoms with Gasteiger partial charge in [-0.25, -0.2) is 4.39 Å². The Labute approximate surface area is 150 Å². The largest absolute Gasteiger partial charge is 0.493 e. The summed E-state index contributed by atoms with van der Waals surface area (Å²) in [6.45, 7) is 0.933. The number of nitrogens with one attached hydrogen (secondary N) is 1. The van der Waals surface area contributed by atoms with E-state index in [0.717, 1.165) is 17.5 Å². The normalized spacial score (nSPS) is 18.6. The fraction of sp³-hybridized carbons (Fsp3) is 0.300. The first kappa shape index (κ1) is 16.6. The van der Waals surface area contributed by atoms with Gasteiger partial charge in [0.25, 0.3) is 5.91 Å². The molecule has 2 aromatic rings. The van der Waals surface area contributed by atoms with Crippen LogP contribution in [-0.2, 0) is 11.3 Å². The van der Waals surface area contributed by atoms with E-state index in [1.54, 1.807) is 17.0 Å². The van der Waals surface area contributed by atoms with Crippen LogP contribution in [0.25, 0.3) is 0 Å². The van der Waals surface area contributed by atoms with Crippen molar-refractivity contribution in [1.82, 2.24) is 10.2 Å². The maximum atomic E-state index is 13.4. The summed E-state index contributed by atoms with van der Waals surface area (Å²) >= 11 is 0. The Morgan fingerprint density at radius 1 is 1.27 bits per heavy atom. The number of amides is 2. The average Bonchev–Trinajstić information content (AvgIpc) is 2.81. The molecule has 1 unspecified atom stereocenters. The van der Waals surface area contributed by atoms with Gasteiger partial charge in [0.15, 0.2) is 0 Å². The van der Waals surface area contributed by atoms with Gasteiger partial charge in [-0.2, -0.15) is 0 Å². The maximum Gasteiger partial charge on any atom is 0.254 e. The topological polar surface area (TPSA) is 58.6 Å². The molecule has 2 aliphatic heterocycles. The van der Waals surface area contributed by atoms with E-state index < -0.39 is 0 Å². The first-order chi connectivity index (χ1) is 12.6. The van der Waals surface area contributed by atoms with Crippen molar-refractivity contribution in [3.8, 4) is 5.75 Å². The Kier molecular flexibility index (Phi) is 4.32. The SMILES string of the molecule is O=C(CN1Cc2ccccc2C1=O)NC1CCCOc2cc(F)ccc21. The van der Waals surface area contributed by atoms with E-state index in [9.17, 15) is 14.0 Å². The van der Waals surface area contributed by atoms with E-state index >= 15 is 0 Å². The Hall–Kier alpha value is -2.89. The quantitative estimate of drug-likeness (QED) is 0.922. The molecule has 134 valence electrons. The van der Waals surface area contributed by atoms with Crippen molar-refractivity contribution < 1.29 is 18.7 Å². The average molecular weight is 354 g/mol. The second kappa shape index (κ2) is 6.78. The zero-order valence-corrected chi connectivity index (χ0v) is 14.2. The molecule has 0 aliphatic carbocycles. The molecule has 26 heavy (non-hydrogen) atoms. The first-order valence-corrected chi connectivity index (χ1v) is 8.70. The number of ether oxygens (including phenoxy) is 1. The molecule has 0 bridgehead atoms. The van der Waals surface area contributed by atoms with Crippen LogP contribution < -0.4 is 10.1 Å². The molecular weight excluding hydrogens is 335 g/mol. The van der Waals surface area contributed by atoms with Crippen LogP contribution in [0.1, 0.15) is 40.4 Å². The highest BCUT2D eigenvalue weighted by atomic mass is 19.1. The lowest BCUT2D eigenvalue weighted by molar-refractivity contribution is -0.122. The molecule has 2 amide bonds. The second-order valence-corrected chi connectivity index (χ2v) is 6.61. The fourth-order valence-electron chi connectivity index (χ4n) is 3.55. The molecule has 2 aromatic carbocycles. The third kappa shape index (κ3) is 3.14. The van der Waals surface area contributed by atoms with Gasteiger partial charge in [-0.3, -0.25) is 9.59 Å². The van der Waals surface area contributed by atoms with Crippen LogP contribution in [0.3, 0.4) is 0 Å². The zero-order valence-electron chi connectivity index (χ0n) is 14.2. The van der Waals surface area contributed by atoms with Crippen LogP contribution in [0.15, 0.2) is 42.5 Å². The van der Waals surface area contributed by atoms with Crippen LogP contribution in [0.5, 0.6) is 5.75 Å². The third-order valence-corrected chi connectivity index (χ3v) is 4.81. The predicted molar refractivity (Wildman–Crippen MR) is 93.2 cm³/mol. The number of carbonyl (C=O) groups excluding carboxylic acids is 2. The minimum absolute atomic E-state index is 0.00139. The highest BCUT2D eigenvalue weighted by molar-refractivity contribution is 6.00. The molecule has 2 heterocycles. The summed E-state index contributed by atoms with van der Waals surface area (Å²) in [5.74, 6) is -0.246. The summed E-state index contributed by atoms with van der Waals surface area (Å²) in [4.78, 5) is 26.5. The molecule has 5 nitrogen and oxygen atoms in total. The summed E-state index contributed by atoms with van der Waals surface area (Å²) in [7, 11) is 0. The number of halogens is 1. The number of hydrogen-bond acceptors (Lipinski definition) is 3. The summed E-state index contributed by atoms with van der Waals surface area (Å²) in [6.07, 6.45) is 1.47. The standard InChI is InChI=1S/C20H19FN2O3/c21-14-7-8-16-17(6-3-9-26-18(16)10-14)22-19(24)12-23-11-13-4-1-2-5-15(13)20(23)25/h1-2,4-5,7-8,10,17H,3,6,9,11-12H2,(H,22,24). The molecule has 0 spiro atoms. The van der Waals surface area contributed by atoms with Gasteiger partial charge in [-0.15, -0.1) is 0 Å². The molecule has 1 atom stereocenters. The molecule has 0 saturated carbocycles. The highest BCUT2D eigenvalue weighted by Gasteiger charge is 2.29. The summed E-state index contributed by atoms with van der Waals surface area (Å²) < 4.78 is 19.0. The Bertz CT molecular complexity index is 868. The molecule has 1 N–H and O–H groups in total. The fourth-order valence-corrected chi connectivity index (χ4v) is 3.55. The van der Waals surface area contributed by atoms with Crippen LogP contribution in [0.2, 0.25) is 0 Å². The first-order valence-electron chi connectivity index (χ1n) is 8.70. The van der Waals surface area contributed by atoms with Gasteiger partial charge in [0.1, 0.15) is 18.1 Å². The highest BCUT2D eigenvalue weighted by Crippen LogP contribution is 2.32. The van der Waals surface area contributed by atoms with Gasteiger partial charge >= 0.3 is 0 Å². The van der Waals surface area contributed by atoms with Gasteiger partial charge in [0, 0.05) is 23.7 Å². The van der Waals surface area contributed by atoms with Crippen LogP contribution in [0, 0.1) is 5.82 Å². The monoisotopic (exact) mass is 354 g/mol. The molecular formula is C20H19FN2O3. The Morgan fingerprint density at radius 2 is 2.12 bits per heavy atom. The van der Waals surface area contributed by atoms with Gasteiger partial charge in [-0.1, -0.05) is 24.3 Å². The number of rotatable bonds is 3. The second-order valence-electron chi connectivity index (χ2n) is 6.61. The molecule has 0 aromatic heterocycles. The van der Waals surface area contributed by atoms with Crippen molar-refractivity contribution in [1.29, 1.82) is 0 Å². The number of nitrogens with zero attached hydrogens (tertiary/aromatic N) is 1. The molecule has 6 heteroatoms. The number of carbonyl (C=O) groups is 2. The van der Waals surface area contributed by atoms with Gasteiger partial charge in [0.2, 0.25) is 5.91 Å². The van der Waals surface area contributed by atoms with E-state index in [1.165, 1.54) is 12.1 Å². The summed E-state index contributed by atoms with van der Waals surface area (Å²) in [5.41, 5.74) is 2.37. The van der Waals surface area contributed by atoms with Crippen molar-refractivity contribution in [2.45, 2.75) is 25.4 Å². The number of benzene rings is 2.